The van der Waals surface area contributed by atoms with Crippen LogP contribution in [-0.2, 0) is 9.84 Å². The van der Waals surface area contributed by atoms with Crippen molar-refractivity contribution in [1.29, 1.82) is 0 Å². The number of rotatable bonds is 9. The predicted octanol–water partition coefficient (Wildman–Crippen LogP) is 3.43. The van der Waals surface area contributed by atoms with Crippen LogP contribution in [0, 0.1) is 0 Å². The van der Waals surface area contributed by atoms with Crippen molar-refractivity contribution in [3.05, 3.63) is 24.3 Å². The molecule has 19 heavy (non-hydrogen) atoms. The zero-order valence-electron chi connectivity index (χ0n) is 11.7. The summed E-state index contributed by atoms with van der Waals surface area (Å²) in [6, 6.07) is 7.18. The molecule has 0 bridgehead atoms. The number of anilines is 1. The van der Waals surface area contributed by atoms with Crippen LogP contribution in [-0.4, -0.2) is 32.7 Å². The summed E-state index contributed by atoms with van der Waals surface area (Å²) in [6.07, 6.45) is 4.95. The van der Waals surface area contributed by atoms with Crippen LogP contribution in [0.2, 0.25) is 0 Å². The van der Waals surface area contributed by atoms with Crippen molar-refractivity contribution in [1.82, 2.24) is 0 Å². The summed E-state index contributed by atoms with van der Waals surface area (Å²) in [6.45, 7) is 2.70. The average Bonchev–Trinajstić information content (AvgIpc) is 2.39. The molecule has 0 unspecified atom stereocenters. The fraction of sp³-hybridized carbons (Fsp3) is 0.571. The Hall–Kier alpha value is -0.680. The molecule has 3 nitrogen and oxygen atoms in total. The maximum absolute atomic E-state index is 12.1. The van der Waals surface area contributed by atoms with Crippen molar-refractivity contribution < 1.29 is 8.42 Å². The molecule has 0 saturated heterocycles. The Labute approximate surface area is 121 Å². The molecule has 0 saturated carbocycles. The highest BCUT2D eigenvalue weighted by Crippen LogP contribution is 2.22. The fourth-order valence-corrected chi connectivity index (χ4v) is 3.87. The summed E-state index contributed by atoms with van der Waals surface area (Å²) in [7, 11) is -3.15. The molecule has 0 aromatic heterocycles. The largest absolute Gasteiger partial charge is 0.384 e. The van der Waals surface area contributed by atoms with Crippen molar-refractivity contribution in [3.8, 4) is 0 Å². The van der Waals surface area contributed by atoms with Gasteiger partial charge in [0.1, 0.15) is 0 Å². The molecule has 0 aliphatic heterocycles. The lowest BCUT2D eigenvalue weighted by Gasteiger charge is -2.12. The van der Waals surface area contributed by atoms with Gasteiger partial charge in [0.15, 0.2) is 9.84 Å². The number of thioether (sulfide) groups is 1. The van der Waals surface area contributed by atoms with Gasteiger partial charge in [0.05, 0.1) is 16.3 Å². The SMILES string of the molecule is CCCS(=O)(=O)c1ccccc1NCCCCSC. The molecule has 1 rings (SSSR count). The third-order valence-electron chi connectivity index (χ3n) is 2.79. The van der Waals surface area contributed by atoms with E-state index in [-0.39, 0.29) is 5.75 Å². The van der Waals surface area contributed by atoms with E-state index in [2.05, 4.69) is 11.6 Å². The number of hydrogen-bond acceptors (Lipinski definition) is 4. The molecule has 1 aromatic carbocycles. The predicted molar refractivity (Wildman–Crippen MR) is 84.9 cm³/mol. The van der Waals surface area contributed by atoms with Crippen molar-refractivity contribution in [2.24, 2.45) is 0 Å². The highest BCUT2D eigenvalue weighted by Gasteiger charge is 2.16. The van der Waals surface area contributed by atoms with E-state index in [0.717, 1.165) is 30.8 Å². The first-order chi connectivity index (χ1) is 9.11. The number of hydrogen-bond donors (Lipinski definition) is 1. The lowest BCUT2D eigenvalue weighted by Crippen LogP contribution is -2.11. The van der Waals surface area contributed by atoms with Crippen molar-refractivity contribution in [2.45, 2.75) is 31.1 Å². The summed E-state index contributed by atoms with van der Waals surface area (Å²) < 4.78 is 24.3. The van der Waals surface area contributed by atoms with Crippen LogP contribution in [0.4, 0.5) is 5.69 Å². The second-order valence-corrected chi connectivity index (χ2v) is 7.50. The molecule has 108 valence electrons. The lowest BCUT2D eigenvalue weighted by atomic mass is 10.3. The van der Waals surface area contributed by atoms with Gasteiger partial charge in [-0.05, 0) is 43.4 Å². The Balaban J connectivity index is 2.68. The Morgan fingerprint density at radius 3 is 2.63 bits per heavy atom. The fourth-order valence-electron chi connectivity index (χ4n) is 1.86. The summed E-state index contributed by atoms with van der Waals surface area (Å²) in [5.74, 6) is 1.36. The number of benzene rings is 1. The van der Waals surface area contributed by atoms with Crippen LogP contribution < -0.4 is 5.32 Å². The molecular weight excluding hydrogens is 278 g/mol. The van der Waals surface area contributed by atoms with Gasteiger partial charge in [-0.3, -0.25) is 0 Å². The molecule has 0 aliphatic rings. The summed E-state index contributed by atoms with van der Waals surface area (Å²) in [5, 5.41) is 3.25. The molecule has 0 aliphatic carbocycles. The number of nitrogens with one attached hydrogen (secondary N) is 1. The number of unbranched alkanes of at least 4 members (excludes halogenated alkanes) is 1. The standard InChI is InChI=1S/C14H23NO2S2/c1-3-12-19(16,17)14-9-5-4-8-13(14)15-10-6-7-11-18-2/h4-5,8-9,15H,3,6-7,10-12H2,1-2H3. The summed E-state index contributed by atoms with van der Waals surface area (Å²) >= 11 is 1.84. The van der Waals surface area contributed by atoms with E-state index < -0.39 is 9.84 Å². The van der Waals surface area contributed by atoms with Gasteiger partial charge in [-0.15, -0.1) is 0 Å². The van der Waals surface area contributed by atoms with Gasteiger partial charge in [-0.25, -0.2) is 8.42 Å². The third kappa shape index (κ3) is 5.45. The summed E-state index contributed by atoms with van der Waals surface area (Å²) in [4.78, 5) is 0.432. The van der Waals surface area contributed by atoms with Gasteiger partial charge >= 0.3 is 0 Å². The Morgan fingerprint density at radius 1 is 1.21 bits per heavy atom. The topological polar surface area (TPSA) is 46.2 Å². The zero-order valence-corrected chi connectivity index (χ0v) is 13.3. The van der Waals surface area contributed by atoms with Gasteiger partial charge in [0.25, 0.3) is 0 Å². The minimum atomic E-state index is -3.15. The molecule has 1 aromatic rings. The van der Waals surface area contributed by atoms with E-state index in [4.69, 9.17) is 0 Å². The van der Waals surface area contributed by atoms with Crippen LogP contribution in [0.1, 0.15) is 26.2 Å². The molecule has 0 fully saturated rings. The van der Waals surface area contributed by atoms with E-state index in [1.165, 1.54) is 0 Å². The van der Waals surface area contributed by atoms with Crippen molar-refractivity contribution in [2.75, 3.05) is 29.6 Å². The van der Waals surface area contributed by atoms with Crippen LogP contribution >= 0.6 is 11.8 Å². The van der Waals surface area contributed by atoms with Gasteiger partial charge < -0.3 is 5.32 Å². The summed E-state index contributed by atoms with van der Waals surface area (Å²) in [5.41, 5.74) is 0.736. The molecular formula is C14H23NO2S2. The minimum absolute atomic E-state index is 0.207. The molecule has 0 atom stereocenters. The maximum Gasteiger partial charge on any atom is 0.180 e. The lowest BCUT2D eigenvalue weighted by molar-refractivity contribution is 0.595. The molecule has 1 N–H and O–H groups in total. The van der Waals surface area contributed by atoms with Gasteiger partial charge in [-0.2, -0.15) is 11.8 Å². The van der Waals surface area contributed by atoms with E-state index in [1.54, 1.807) is 12.1 Å². The molecule has 0 heterocycles. The van der Waals surface area contributed by atoms with E-state index in [0.29, 0.717) is 11.3 Å². The van der Waals surface area contributed by atoms with Gasteiger partial charge in [-0.1, -0.05) is 19.1 Å². The van der Waals surface area contributed by atoms with Crippen molar-refractivity contribution in [3.63, 3.8) is 0 Å². The second kappa shape index (κ2) is 8.48. The van der Waals surface area contributed by atoms with E-state index >= 15 is 0 Å². The number of sulfone groups is 1. The van der Waals surface area contributed by atoms with Gasteiger partial charge in [0.2, 0.25) is 0 Å². The molecule has 5 heteroatoms. The molecule has 0 radical (unpaired) electrons. The smallest absolute Gasteiger partial charge is 0.180 e. The first-order valence-corrected chi connectivity index (χ1v) is 9.71. The number of para-hydroxylation sites is 1. The Kier molecular flexibility index (Phi) is 7.31. The third-order valence-corrected chi connectivity index (χ3v) is 5.45. The molecule has 0 spiro atoms. The second-order valence-electron chi connectivity index (χ2n) is 4.44. The Morgan fingerprint density at radius 2 is 1.95 bits per heavy atom. The first-order valence-electron chi connectivity index (χ1n) is 6.66. The van der Waals surface area contributed by atoms with Crippen molar-refractivity contribution >= 4 is 27.3 Å². The molecule has 0 amide bonds. The van der Waals surface area contributed by atoms with E-state index in [9.17, 15) is 8.42 Å². The first kappa shape index (κ1) is 16.4. The average molecular weight is 301 g/mol. The van der Waals surface area contributed by atoms with Crippen LogP contribution in [0.15, 0.2) is 29.2 Å². The maximum atomic E-state index is 12.1. The highest BCUT2D eigenvalue weighted by molar-refractivity contribution is 7.98. The van der Waals surface area contributed by atoms with Crippen LogP contribution in [0.5, 0.6) is 0 Å². The van der Waals surface area contributed by atoms with Crippen LogP contribution in [0.3, 0.4) is 0 Å². The zero-order chi connectivity index (χ0) is 14.1. The minimum Gasteiger partial charge on any atom is -0.384 e. The Bertz CT molecular complexity index is 472. The van der Waals surface area contributed by atoms with E-state index in [1.807, 2.05) is 30.8 Å². The quantitative estimate of drug-likeness (QED) is 0.710. The van der Waals surface area contributed by atoms with Gasteiger partial charge in [0, 0.05) is 6.54 Å². The highest BCUT2D eigenvalue weighted by atomic mass is 32.2. The van der Waals surface area contributed by atoms with Crippen LogP contribution in [0.25, 0.3) is 0 Å². The monoisotopic (exact) mass is 301 g/mol. The normalized spacial score (nSPS) is 11.5.